The first-order valence-corrected chi connectivity index (χ1v) is 5.22. The Morgan fingerprint density at radius 3 is 2.69 bits per heavy atom. The van der Waals surface area contributed by atoms with Gasteiger partial charge in [0.15, 0.2) is 0 Å². The van der Waals surface area contributed by atoms with E-state index >= 15 is 0 Å². The van der Waals surface area contributed by atoms with Gasteiger partial charge in [0.1, 0.15) is 0 Å². The van der Waals surface area contributed by atoms with Crippen molar-refractivity contribution in [3.8, 4) is 0 Å². The van der Waals surface area contributed by atoms with Gasteiger partial charge in [0, 0.05) is 6.04 Å². The van der Waals surface area contributed by atoms with Gasteiger partial charge in [-0.3, -0.25) is 0 Å². The Kier molecular flexibility index (Phi) is 4.16. The topological polar surface area (TPSA) is 41.5 Å². The summed E-state index contributed by atoms with van der Waals surface area (Å²) in [5.41, 5.74) is 0. The van der Waals surface area contributed by atoms with E-state index in [1.807, 2.05) is 13.8 Å². The maximum atomic E-state index is 9.88. The maximum Gasteiger partial charge on any atom is 0.0951 e. The van der Waals surface area contributed by atoms with Gasteiger partial charge in [-0.2, -0.15) is 0 Å². The second-order valence-electron chi connectivity index (χ2n) is 3.90. The molecule has 1 rings (SSSR count). The number of rotatable bonds is 4. The molecule has 0 amide bonds. The van der Waals surface area contributed by atoms with Gasteiger partial charge in [-0.1, -0.05) is 6.92 Å². The molecule has 0 radical (unpaired) electrons. The summed E-state index contributed by atoms with van der Waals surface area (Å²) in [5.74, 6) is 0. The van der Waals surface area contributed by atoms with E-state index in [2.05, 4.69) is 12.2 Å². The minimum absolute atomic E-state index is 0.0315. The Bertz CT molecular complexity index is 152. The van der Waals surface area contributed by atoms with Crippen LogP contribution in [0.2, 0.25) is 0 Å². The van der Waals surface area contributed by atoms with Crippen molar-refractivity contribution < 1.29 is 9.84 Å². The molecule has 2 N–H and O–H groups in total. The number of aliphatic hydroxyl groups is 1. The lowest BCUT2D eigenvalue weighted by Crippen LogP contribution is -2.44. The average Bonchev–Trinajstić information content (AvgIpc) is 2.51. The van der Waals surface area contributed by atoms with Crippen molar-refractivity contribution in [3.05, 3.63) is 0 Å². The average molecular weight is 187 g/mol. The van der Waals surface area contributed by atoms with Crippen LogP contribution in [-0.2, 0) is 4.74 Å². The van der Waals surface area contributed by atoms with Crippen LogP contribution in [0.25, 0.3) is 0 Å². The highest BCUT2D eigenvalue weighted by Gasteiger charge is 2.31. The van der Waals surface area contributed by atoms with Gasteiger partial charge >= 0.3 is 0 Å². The molecule has 4 unspecified atom stereocenters. The Labute approximate surface area is 80.5 Å². The molecule has 0 bridgehead atoms. The smallest absolute Gasteiger partial charge is 0.0951 e. The third-order valence-electron chi connectivity index (χ3n) is 2.68. The molecule has 1 heterocycles. The van der Waals surface area contributed by atoms with Crippen molar-refractivity contribution in [2.45, 2.75) is 58.0 Å². The standard InChI is InChI=1S/C10H21NO2/c1-4-11-8(3)10(12)9-6-5-7(2)13-9/h7-12H,4-6H2,1-3H3. The van der Waals surface area contributed by atoms with Crippen LogP contribution in [0.4, 0.5) is 0 Å². The van der Waals surface area contributed by atoms with Crippen LogP contribution >= 0.6 is 0 Å². The van der Waals surface area contributed by atoms with Crippen LogP contribution in [-0.4, -0.2) is 36.0 Å². The third kappa shape index (κ3) is 2.93. The molecular weight excluding hydrogens is 166 g/mol. The summed E-state index contributed by atoms with van der Waals surface area (Å²) in [6.07, 6.45) is 2.03. The van der Waals surface area contributed by atoms with Gasteiger partial charge in [-0.25, -0.2) is 0 Å². The lowest BCUT2D eigenvalue weighted by atomic mass is 10.0. The van der Waals surface area contributed by atoms with Crippen LogP contribution in [0.1, 0.15) is 33.6 Å². The largest absolute Gasteiger partial charge is 0.389 e. The fraction of sp³-hybridized carbons (Fsp3) is 1.00. The van der Waals surface area contributed by atoms with Crippen molar-refractivity contribution in [3.63, 3.8) is 0 Å². The number of nitrogens with one attached hydrogen (secondary N) is 1. The first-order chi connectivity index (χ1) is 6.15. The van der Waals surface area contributed by atoms with E-state index in [0.717, 1.165) is 19.4 Å². The third-order valence-corrected chi connectivity index (χ3v) is 2.68. The molecule has 1 aliphatic rings. The quantitative estimate of drug-likeness (QED) is 0.687. The van der Waals surface area contributed by atoms with Gasteiger partial charge in [-0.15, -0.1) is 0 Å². The monoisotopic (exact) mass is 187 g/mol. The Morgan fingerprint density at radius 1 is 1.54 bits per heavy atom. The first-order valence-electron chi connectivity index (χ1n) is 5.22. The summed E-state index contributed by atoms with van der Waals surface area (Å²) in [7, 11) is 0. The fourth-order valence-electron chi connectivity index (χ4n) is 1.85. The molecule has 3 heteroatoms. The van der Waals surface area contributed by atoms with E-state index in [1.54, 1.807) is 0 Å². The molecular formula is C10H21NO2. The summed E-state index contributed by atoms with van der Waals surface area (Å²) < 4.78 is 5.60. The Morgan fingerprint density at radius 2 is 2.23 bits per heavy atom. The number of likely N-dealkylation sites (N-methyl/N-ethyl adjacent to an activating group) is 1. The molecule has 3 nitrogen and oxygen atoms in total. The number of hydrogen-bond donors (Lipinski definition) is 2. The van der Waals surface area contributed by atoms with Crippen molar-refractivity contribution in [1.82, 2.24) is 5.32 Å². The van der Waals surface area contributed by atoms with E-state index in [-0.39, 0.29) is 18.2 Å². The Hall–Kier alpha value is -0.120. The molecule has 0 aromatic heterocycles. The molecule has 0 aromatic rings. The normalized spacial score (nSPS) is 33.2. The van der Waals surface area contributed by atoms with Crippen molar-refractivity contribution in [2.75, 3.05) is 6.54 Å². The highest BCUT2D eigenvalue weighted by molar-refractivity contribution is 4.83. The number of ether oxygens (including phenoxy) is 1. The molecule has 1 saturated heterocycles. The molecule has 0 aromatic carbocycles. The van der Waals surface area contributed by atoms with Crippen molar-refractivity contribution in [1.29, 1.82) is 0 Å². The van der Waals surface area contributed by atoms with Gasteiger partial charge in [0.25, 0.3) is 0 Å². The summed E-state index contributed by atoms with van der Waals surface area (Å²) >= 11 is 0. The van der Waals surface area contributed by atoms with Crippen LogP contribution in [0, 0.1) is 0 Å². The van der Waals surface area contributed by atoms with Crippen LogP contribution in [0.15, 0.2) is 0 Å². The van der Waals surface area contributed by atoms with Gasteiger partial charge in [0.2, 0.25) is 0 Å². The van der Waals surface area contributed by atoms with E-state index in [1.165, 1.54) is 0 Å². The minimum Gasteiger partial charge on any atom is -0.389 e. The van der Waals surface area contributed by atoms with Crippen molar-refractivity contribution in [2.24, 2.45) is 0 Å². The highest BCUT2D eigenvalue weighted by Crippen LogP contribution is 2.22. The minimum atomic E-state index is -0.370. The molecule has 0 saturated carbocycles. The van der Waals surface area contributed by atoms with Crippen LogP contribution in [0.3, 0.4) is 0 Å². The highest BCUT2D eigenvalue weighted by atomic mass is 16.5. The zero-order valence-electron chi connectivity index (χ0n) is 8.79. The second kappa shape index (κ2) is 4.94. The Balaban J connectivity index is 2.33. The van der Waals surface area contributed by atoms with Gasteiger partial charge in [-0.05, 0) is 33.2 Å². The predicted molar refractivity (Wildman–Crippen MR) is 52.7 cm³/mol. The first kappa shape index (κ1) is 11.0. The van der Waals surface area contributed by atoms with E-state index in [4.69, 9.17) is 4.74 Å². The fourth-order valence-corrected chi connectivity index (χ4v) is 1.85. The zero-order valence-corrected chi connectivity index (χ0v) is 8.79. The number of aliphatic hydroxyl groups excluding tert-OH is 1. The van der Waals surface area contributed by atoms with Crippen LogP contribution in [0.5, 0.6) is 0 Å². The van der Waals surface area contributed by atoms with Gasteiger partial charge in [0.05, 0.1) is 18.3 Å². The summed E-state index contributed by atoms with van der Waals surface area (Å²) in [6.45, 7) is 6.99. The molecule has 4 atom stereocenters. The summed E-state index contributed by atoms with van der Waals surface area (Å²) in [5, 5.41) is 13.1. The number of hydrogen-bond acceptors (Lipinski definition) is 3. The molecule has 1 fully saturated rings. The second-order valence-corrected chi connectivity index (χ2v) is 3.90. The molecule has 78 valence electrons. The summed E-state index contributed by atoms with van der Waals surface area (Å²) in [4.78, 5) is 0. The molecule has 0 spiro atoms. The van der Waals surface area contributed by atoms with Crippen molar-refractivity contribution >= 4 is 0 Å². The lowest BCUT2D eigenvalue weighted by Gasteiger charge is -2.24. The molecule has 0 aliphatic carbocycles. The zero-order chi connectivity index (χ0) is 9.84. The lowest BCUT2D eigenvalue weighted by molar-refractivity contribution is -0.0407. The SMILES string of the molecule is CCNC(C)C(O)C1CCC(C)O1. The van der Waals surface area contributed by atoms with E-state index < -0.39 is 0 Å². The molecule has 1 aliphatic heterocycles. The predicted octanol–water partition coefficient (Wildman–Crippen LogP) is 0.913. The van der Waals surface area contributed by atoms with E-state index in [0.29, 0.717) is 6.10 Å². The maximum absolute atomic E-state index is 9.88. The summed E-state index contributed by atoms with van der Waals surface area (Å²) in [6, 6.07) is 0.125. The molecule has 13 heavy (non-hydrogen) atoms. The van der Waals surface area contributed by atoms with E-state index in [9.17, 15) is 5.11 Å². The van der Waals surface area contributed by atoms with Gasteiger partial charge < -0.3 is 15.2 Å². The van der Waals surface area contributed by atoms with Crippen LogP contribution < -0.4 is 5.32 Å².